The molecule has 0 fully saturated rings. The number of sulfonamides is 1. The lowest BCUT2D eigenvalue weighted by Crippen LogP contribution is -2.41. The molecular formula is C20H25BrN2O3S. The van der Waals surface area contributed by atoms with Gasteiger partial charge in [-0.05, 0) is 42.7 Å². The van der Waals surface area contributed by atoms with E-state index in [4.69, 9.17) is 0 Å². The average Bonchev–Trinajstić information content (AvgIpc) is 2.61. The van der Waals surface area contributed by atoms with E-state index in [1.807, 2.05) is 45.0 Å². The summed E-state index contributed by atoms with van der Waals surface area (Å²) in [6.45, 7) is 6.37. The summed E-state index contributed by atoms with van der Waals surface area (Å²) >= 11 is 3.31. The van der Waals surface area contributed by atoms with Crippen molar-refractivity contribution in [1.29, 1.82) is 0 Å². The molecule has 0 spiro atoms. The van der Waals surface area contributed by atoms with Crippen molar-refractivity contribution in [2.75, 3.05) is 13.1 Å². The first-order chi connectivity index (χ1) is 12.7. The number of hydrogen-bond donors (Lipinski definition) is 1. The minimum absolute atomic E-state index is 0.133. The molecule has 1 amide bonds. The molecule has 2 aromatic carbocycles. The molecule has 146 valence electrons. The Kier molecular flexibility index (Phi) is 7.59. The van der Waals surface area contributed by atoms with Crippen LogP contribution in [0.1, 0.15) is 25.0 Å². The number of aryl methyl sites for hydroxylation is 1. The lowest BCUT2D eigenvalue weighted by atomic mass is 10.1. The number of halogens is 1. The van der Waals surface area contributed by atoms with Gasteiger partial charge in [0, 0.05) is 17.6 Å². The Hall–Kier alpha value is -1.70. The van der Waals surface area contributed by atoms with Crippen molar-refractivity contribution >= 4 is 31.9 Å². The second-order valence-corrected chi connectivity index (χ2v) is 9.76. The number of nitrogens with zero attached hydrogens (tertiary/aromatic N) is 1. The quantitative estimate of drug-likeness (QED) is 0.663. The second kappa shape index (κ2) is 9.48. The van der Waals surface area contributed by atoms with Crippen LogP contribution in [0.15, 0.2) is 57.9 Å². The maximum Gasteiger partial charge on any atom is 0.243 e. The first-order valence-corrected chi connectivity index (χ1v) is 11.0. The fourth-order valence-corrected chi connectivity index (χ4v) is 4.06. The molecule has 0 saturated carbocycles. The summed E-state index contributed by atoms with van der Waals surface area (Å²) in [5.41, 5.74) is 1.92. The highest BCUT2D eigenvalue weighted by Gasteiger charge is 2.27. The van der Waals surface area contributed by atoms with E-state index in [0.29, 0.717) is 12.5 Å². The molecule has 27 heavy (non-hydrogen) atoms. The average molecular weight is 453 g/mol. The van der Waals surface area contributed by atoms with Gasteiger partial charge >= 0.3 is 0 Å². The summed E-state index contributed by atoms with van der Waals surface area (Å²) in [6.07, 6.45) is 0. The summed E-state index contributed by atoms with van der Waals surface area (Å²) in [7, 11) is -3.81. The zero-order valence-corrected chi connectivity index (χ0v) is 18.2. The number of amides is 1. The Bertz CT molecular complexity index is 863. The normalized spacial score (nSPS) is 11.8. The standard InChI is InChI=1S/C20H25BrN2O3S/c1-15(2)12-22-20(24)14-23(13-17-6-4-16(3)5-7-17)27(25,26)19-10-8-18(21)9-11-19/h4-11,15H,12-14H2,1-3H3,(H,22,24). The number of benzene rings is 2. The number of hydrogen-bond acceptors (Lipinski definition) is 3. The van der Waals surface area contributed by atoms with Gasteiger partial charge in [-0.2, -0.15) is 4.31 Å². The number of nitrogens with one attached hydrogen (secondary N) is 1. The third-order valence-corrected chi connectivity index (χ3v) is 6.29. The summed E-state index contributed by atoms with van der Waals surface area (Å²) in [5, 5.41) is 2.79. The molecular weight excluding hydrogens is 428 g/mol. The van der Waals surface area contributed by atoms with Gasteiger partial charge in [-0.25, -0.2) is 8.42 Å². The Morgan fingerprint density at radius 3 is 2.22 bits per heavy atom. The van der Waals surface area contributed by atoms with E-state index in [1.54, 1.807) is 12.1 Å². The first kappa shape index (κ1) is 21.6. The molecule has 0 unspecified atom stereocenters. The number of rotatable bonds is 8. The molecule has 0 aromatic heterocycles. The van der Waals surface area contributed by atoms with Gasteiger partial charge in [0.15, 0.2) is 0 Å². The molecule has 5 nitrogen and oxygen atoms in total. The van der Waals surface area contributed by atoms with Crippen LogP contribution in [0.4, 0.5) is 0 Å². The highest BCUT2D eigenvalue weighted by Crippen LogP contribution is 2.21. The SMILES string of the molecule is Cc1ccc(CN(CC(=O)NCC(C)C)S(=O)(=O)c2ccc(Br)cc2)cc1. The van der Waals surface area contributed by atoms with Gasteiger partial charge in [-0.1, -0.05) is 59.6 Å². The summed E-state index contributed by atoms with van der Waals surface area (Å²) in [6, 6.07) is 14.0. The first-order valence-electron chi connectivity index (χ1n) is 8.76. The zero-order chi connectivity index (χ0) is 20.0. The van der Waals surface area contributed by atoms with Crippen molar-refractivity contribution in [2.24, 2.45) is 5.92 Å². The monoisotopic (exact) mass is 452 g/mol. The number of carbonyl (C=O) groups is 1. The van der Waals surface area contributed by atoms with Crippen molar-refractivity contribution in [1.82, 2.24) is 9.62 Å². The van der Waals surface area contributed by atoms with Gasteiger partial charge < -0.3 is 5.32 Å². The van der Waals surface area contributed by atoms with Gasteiger partial charge in [0.05, 0.1) is 11.4 Å². The van der Waals surface area contributed by atoms with E-state index in [0.717, 1.165) is 15.6 Å². The molecule has 0 radical (unpaired) electrons. The lowest BCUT2D eigenvalue weighted by Gasteiger charge is -2.22. The van der Waals surface area contributed by atoms with Crippen molar-refractivity contribution in [3.63, 3.8) is 0 Å². The lowest BCUT2D eigenvalue weighted by molar-refractivity contribution is -0.121. The Morgan fingerprint density at radius 2 is 1.67 bits per heavy atom. The van der Waals surface area contributed by atoms with Crippen molar-refractivity contribution in [3.05, 3.63) is 64.1 Å². The van der Waals surface area contributed by atoms with E-state index >= 15 is 0 Å². The molecule has 2 rings (SSSR count). The van der Waals surface area contributed by atoms with Gasteiger partial charge in [0.1, 0.15) is 0 Å². The highest BCUT2D eigenvalue weighted by atomic mass is 79.9. The van der Waals surface area contributed by atoms with Gasteiger partial charge in [0.25, 0.3) is 0 Å². The molecule has 0 aliphatic heterocycles. The van der Waals surface area contributed by atoms with Gasteiger partial charge in [-0.3, -0.25) is 4.79 Å². The van der Waals surface area contributed by atoms with Crippen LogP contribution in [0.3, 0.4) is 0 Å². The largest absolute Gasteiger partial charge is 0.355 e. The Balaban J connectivity index is 2.28. The van der Waals surface area contributed by atoms with Crippen LogP contribution in [0.5, 0.6) is 0 Å². The van der Waals surface area contributed by atoms with Gasteiger partial charge in [0.2, 0.25) is 15.9 Å². The van der Waals surface area contributed by atoms with Crippen LogP contribution < -0.4 is 5.32 Å². The van der Waals surface area contributed by atoms with Crippen molar-refractivity contribution in [3.8, 4) is 0 Å². The van der Waals surface area contributed by atoms with E-state index in [2.05, 4.69) is 21.2 Å². The Morgan fingerprint density at radius 1 is 1.07 bits per heavy atom. The summed E-state index contributed by atoms with van der Waals surface area (Å²) in [5.74, 6) is -0.0147. The molecule has 0 aliphatic rings. The summed E-state index contributed by atoms with van der Waals surface area (Å²) in [4.78, 5) is 12.5. The van der Waals surface area contributed by atoms with E-state index in [9.17, 15) is 13.2 Å². The topological polar surface area (TPSA) is 66.5 Å². The smallest absolute Gasteiger partial charge is 0.243 e. The maximum absolute atomic E-state index is 13.1. The summed E-state index contributed by atoms with van der Waals surface area (Å²) < 4.78 is 28.2. The molecule has 0 heterocycles. The minimum atomic E-state index is -3.81. The van der Waals surface area contributed by atoms with Crippen LogP contribution in [0.2, 0.25) is 0 Å². The van der Waals surface area contributed by atoms with Gasteiger partial charge in [-0.15, -0.1) is 0 Å². The van der Waals surface area contributed by atoms with E-state index in [1.165, 1.54) is 16.4 Å². The molecule has 0 aliphatic carbocycles. The third kappa shape index (κ3) is 6.45. The molecule has 0 atom stereocenters. The van der Waals surface area contributed by atoms with E-state index in [-0.39, 0.29) is 23.9 Å². The zero-order valence-electron chi connectivity index (χ0n) is 15.8. The fourth-order valence-electron chi connectivity index (χ4n) is 2.41. The van der Waals surface area contributed by atoms with E-state index < -0.39 is 10.0 Å². The van der Waals surface area contributed by atoms with Crippen LogP contribution in [0, 0.1) is 12.8 Å². The Labute approximate surface area is 170 Å². The third-order valence-electron chi connectivity index (χ3n) is 3.96. The number of carbonyl (C=O) groups excluding carboxylic acids is 1. The fraction of sp³-hybridized carbons (Fsp3) is 0.350. The highest BCUT2D eigenvalue weighted by molar-refractivity contribution is 9.10. The van der Waals surface area contributed by atoms with Crippen molar-refractivity contribution in [2.45, 2.75) is 32.2 Å². The van der Waals surface area contributed by atoms with Crippen LogP contribution >= 0.6 is 15.9 Å². The molecule has 0 saturated heterocycles. The minimum Gasteiger partial charge on any atom is -0.355 e. The van der Waals surface area contributed by atoms with Crippen LogP contribution in [0.25, 0.3) is 0 Å². The molecule has 1 N–H and O–H groups in total. The van der Waals surface area contributed by atoms with Crippen LogP contribution in [-0.4, -0.2) is 31.7 Å². The maximum atomic E-state index is 13.1. The van der Waals surface area contributed by atoms with Crippen LogP contribution in [-0.2, 0) is 21.4 Å². The second-order valence-electron chi connectivity index (χ2n) is 6.91. The molecule has 0 bridgehead atoms. The molecule has 7 heteroatoms. The van der Waals surface area contributed by atoms with Crippen molar-refractivity contribution < 1.29 is 13.2 Å². The molecule has 2 aromatic rings. The predicted molar refractivity (Wildman–Crippen MR) is 111 cm³/mol. The predicted octanol–water partition coefficient (Wildman–Crippen LogP) is 3.72.